The van der Waals surface area contributed by atoms with Crippen molar-refractivity contribution in [2.75, 3.05) is 6.61 Å². The summed E-state index contributed by atoms with van der Waals surface area (Å²) in [6, 6.07) is 8.33. The summed E-state index contributed by atoms with van der Waals surface area (Å²) in [6.45, 7) is 5.34. The Hall–Kier alpha value is -0.500. The van der Waals surface area contributed by atoms with Crippen LogP contribution in [0.25, 0.3) is 0 Å². The number of alkyl halides is 1. The number of halogens is 1. The molecule has 0 aromatic heterocycles. The fourth-order valence-corrected chi connectivity index (χ4v) is 2.16. The Labute approximate surface area is 114 Å². The summed E-state index contributed by atoms with van der Waals surface area (Å²) >= 11 is 3.44. The van der Waals surface area contributed by atoms with Crippen molar-refractivity contribution in [3.05, 3.63) is 29.8 Å². The lowest BCUT2D eigenvalue weighted by molar-refractivity contribution is 0.233. The first-order valence-corrected chi connectivity index (χ1v) is 7.70. The topological polar surface area (TPSA) is 9.23 Å². The van der Waals surface area contributed by atoms with Gasteiger partial charge in [0.05, 0.1) is 6.61 Å². The van der Waals surface area contributed by atoms with E-state index in [0.717, 1.165) is 17.7 Å². The van der Waals surface area contributed by atoms with Crippen LogP contribution >= 0.6 is 15.9 Å². The van der Waals surface area contributed by atoms with E-state index in [1.165, 1.54) is 31.2 Å². The smallest absolute Gasteiger partial charge is 0.119 e. The molecule has 0 aliphatic rings. The third-order valence-corrected chi connectivity index (χ3v) is 3.75. The molecule has 2 heteroatoms. The number of benzene rings is 1. The second kappa shape index (κ2) is 8.57. The molecule has 0 saturated carbocycles. The van der Waals surface area contributed by atoms with Crippen LogP contribution in [0.5, 0.6) is 5.75 Å². The highest BCUT2D eigenvalue weighted by atomic mass is 79.9. The van der Waals surface area contributed by atoms with Gasteiger partial charge in [0, 0.05) is 5.33 Å². The van der Waals surface area contributed by atoms with E-state index >= 15 is 0 Å². The molecule has 0 amide bonds. The number of ether oxygens (including phenoxy) is 1. The summed E-state index contributed by atoms with van der Waals surface area (Å²) in [5.41, 5.74) is 1.29. The average molecular weight is 299 g/mol. The van der Waals surface area contributed by atoms with Crippen molar-refractivity contribution < 1.29 is 4.74 Å². The van der Waals surface area contributed by atoms with E-state index in [0.29, 0.717) is 5.92 Å². The molecular formula is C15H23BrO. The van der Waals surface area contributed by atoms with Gasteiger partial charge in [-0.1, -0.05) is 61.2 Å². The van der Waals surface area contributed by atoms with Crippen molar-refractivity contribution >= 4 is 15.9 Å². The van der Waals surface area contributed by atoms with Crippen LogP contribution in [-0.4, -0.2) is 6.61 Å². The van der Waals surface area contributed by atoms with Gasteiger partial charge in [0.25, 0.3) is 0 Å². The molecule has 0 N–H and O–H groups in total. The Morgan fingerprint density at radius 2 is 1.88 bits per heavy atom. The number of unbranched alkanes of at least 4 members (excludes halogenated alkanes) is 1. The lowest BCUT2D eigenvalue weighted by Gasteiger charge is -2.15. The minimum Gasteiger partial charge on any atom is -0.493 e. The van der Waals surface area contributed by atoms with E-state index in [1.807, 2.05) is 0 Å². The van der Waals surface area contributed by atoms with Crippen LogP contribution in [0.15, 0.2) is 24.3 Å². The Kier molecular flexibility index (Phi) is 7.34. The van der Waals surface area contributed by atoms with E-state index in [1.54, 1.807) is 0 Å². The zero-order valence-electron chi connectivity index (χ0n) is 10.9. The first kappa shape index (κ1) is 14.6. The normalized spacial score (nSPS) is 12.4. The van der Waals surface area contributed by atoms with Gasteiger partial charge in [-0.25, -0.2) is 0 Å². The molecule has 1 aromatic carbocycles. The maximum absolute atomic E-state index is 5.84. The molecular weight excluding hydrogens is 276 g/mol. The standard InChI is InChI=1S/C15H23BrO/c1-3-5-6-13(4-2)12-17-15-9-7-14(11-16)8-10-15/h7-10,13H,3-6,11-12H2,1-2H3. The van der Waals surface area contributed by atoms with Gasteiger partial charge in [0.2, 0.25) is 0 Å². The summed E-state index contributed by atoms with van der Waals surface area (Å²) in [5.74, 6) is 1.69. The third-order valence-electron chi connectivity index (χ3n) is 3.11. The molecule has 1 nitrogen and oxygen atoms in total. The lowest BCUT2D eigenvalue weighted by atomic mass is 10.0. The van der Waals surface area contributed by atoms with E-state index < -0.39 is 0 Å². The Morgan fingerprint density at radius 3 is 2.41 bits per heavy atom. The predicted molar refractivity (Wildman–Crippen MR) is 77.9 cm³/mol. The molecule has 0 radical (unpaired) electrons. The average Bonchev–Trinajstić information content (AvgIpc) is 2.39. The SMILES string of the molecule is CCCCC(CC)COc1ccc(CBr)cc1. The summed E-state index contributed by atoms with van der Waals surface area (Å²) in [4.78, 5) is 0. The third kappa shape index (κ3) is 5.58. The number of hydrogen-bond acceptors (Lipinski definition) is 1. The van der Waals surface area contributed by atoms with Crippen LogP contribution < -0.4 is 4.74 Å². The highest BCUT2D eigenvalue weighted by Crippen LogP contribution is 2.18. The zero-order valence-corrected chi connectivity index (χ0v) is 12.5. The minimum absolute atomic E-state index is 0.700. The van der Waals surface area contributed by atoms with Crippen molar-refractivity contribution in [1.82, 2.24) is 0 Å². The van der Waals surface area contributed by atoms with Gasteiger partial charge >= 0.3 is 0 Å². The van der Waals surface area contributed by atoms with Crippen molar-refractivity contribution in [2.45, 2.75) is 44.9 Å². The van der Waals surface area contributed by atoms with Crippen LogP contribution in [-0.2, 0) is 5.33 Å². The van der Waals surface area contributed by atoms with Crippen molar-refractivity contribution in [1.29, 1.82) is 0 Å². The number of hydrogen-bond donors (Lipinski definition) is 0. The summed E-state index contributed by atoms with van der Waals surface area (Å²) < 4.78 is 5.84. The molecule has 0 spiro atoms. The second-order valence-electron chi connectivity index (χ2n) is 4.51. The van der Waals surface area contributed by atoms with E-state index in [-0.39, 0.29) is 0 Å². The van der Waals surface area contributed by atoms with E-state index in [4.69, 9.17) is 4.74 Å². The van der Waals surface area contributed by atoms with Crippen LogP contribution in [0.2, 0.25) is 0 Å². The fraction of sp³-hybridized carbons (Fsp3) is 0.600. The molecule has 1 unspecified atom stereocenters. The van der Waals surface area contributed by atoms with Gasteiger partial charge in [-0.2, -0.15) is 0 Å². The highest BCUT2D eigenvalue weighted by Gasteiger charge is 2.06. The Balaban J connectivity index is 2.36. The molecule has 0 aliphatic heterocycles. The van der Waals surface area contributed by atoms with E-state index in [2.05, 4.69) is 54.0 Å². The number of rotatable bonds is 8. The van der Waals surface area contributed by atoms with Crippen molar-refractivity contribution in [2.24, 2.45) is 5.92 Å². The van der Waals surface area contributed by atoms with Gasteiger partial charge in [-0.3, -0.25) is 0 Å². The fourth-order valence-electron chi connectivity index (χ4n) is 1.79. The van der Waals surface area contributed by atoms with Crippen LogP contribution in [0.1, 0.15) is 45.1 Å². The lowest BCUT2D eigenvalue weighted by Crippen LogP contribution is -2.11. The quantitative estimate of drug-likeness (QED) is 0.601. The van der Waals surface area contributed by atoms with Gasteiger partial charge < -0.3 is 4.74 Å². The predicted octanol–water partition coefficient (Wildman–Crippen LogP) is 5.18. The first-order valence-electron chi connectivity index (χ1n) is 6.57. The van der Waals surface area contributed by atoms with E-state index in [9.17, 15) is 0 Å². The molecule has 1 rings (SSSR count). The van der Waals surface area contributed by atoms with Gasteiger partial charge in [0.15, 0.2) is 0 Å². The minimum atomic E-state index is 0.700. The van der Waals surface area contributed by atoms with Gasteiger partial charge in [-0.05, 0) is 30.0 Å². The first-order chi connectivity index (χ1) is 8.30. The molecule has 0 saturated heterocycles. The van der Waals surface area contributed by atoms with Crippen molar-refractivity contribution in [3.63, 3.8) is 0 Å². The second-order valence-corrected chi connectivity index (χ2v) is 5.07. The summed E-state index contributed by atoms with van der Waals surface area (Å²) in [5, 5.41) is 0.904. The highest BCUT2D eigenvalue weighted by molar-refractivity contribution is 9.08. The Morgan fingerprint density at radius 1 is 1.18 bits per heavy atom. The molecule has 17 heavy (non-hydrogen) atoms. The van der Waals surface area contributed by atoms with Gasteiger partial charge in [0.1, 0.15) is 5.75 Å². The molecule has 0 bridgehead atoms. The maximum Gasteiger partial charge on any atom is 0.119 e. The molecule has 0 aliphatic carbocycles. The van der Waals surface area contributed by atoms with Crippen LogP contribution in [0.4, 0.5) is 0 Å². The summed E-state index contributed by atoms with van der Waals surface area (Å²) in [6.07, 6.45) is 5.08. The maximum atomic E-state index is 5.84. The molecule has 1 atom stereocenters. The van der Waals surface area contributed by atoms with Crippen molar-refractivity contribution in [3.8, 4) is 5.75 Å². The Bertz CT molecular complexity index is 294. The summed E-state index contributed by atoms with van der Waals surface area (Å²) in [7, 11) is 0. The molecule has 1 aromatic rings. The van der Waals surface area contributed by atoms with Crippen LogP contribution in [0, 0.1) is 5.92 Å². The van der Waals surface area contributed by atoms with Crippen LogP contribution in [0.3, 0.4) is 0 Å². The van der Waals surface area contributed by atoms with Gasteiger partial charge in [-0.15, -0.1) is 0 Å². The molecule has 0 heterocycles. The zero-order chi connectivity index (χ0) is 12.5. The molecule has 96 valence electrons. The largest absolute Gasteiger partial charge is 0.493 e. The monoisotopic (exact) mass is 298 g/mol. The molecule has 0 fully saturated rings.